The van der Waals surface area contributed by atoms with Gasteiger partial charge in [-0.15, -0.1) is 0 Å². The molecule has 1 aromatic carbocycles. The van der Waals surface area contributed by atoms with Crippen molar-refractivity contribution in [2.45, 2.75) is 0 Å². The second kappa shape index (κ2) is 5.31. The number of carboxylic acid groups (broad SMARTS) is 1. The Morgan fingerprint density at radius 1 is 1.40 bits per heavy atom. The van der Waals surface area contributed by atoms with Gasteiger partial charge in [-0.1, -0.05) is 0 Å². The first-order chi connectivity index (χ1) is 9.49. The number of hydrogen-bond donors (Lipinski definition) is 1. The van der Waals surface area contributed by atoms with Crippen molar-refractivity contribution < 1.29 is 24.0 Å². The lowest BCUT2D eigenvalue weighted by Crippen LogP contribution is -2.02. The molecule has 2 rings (SSSR count). The maximum absolute atomic E-state index is 13.1. The van der Waals surface area contributed by atoms with E-state index in [0.717, 1.165) is 18.2 Å². The lowest BCUT2D eigenvalue weighted by Gasteiger charge is -2.07. The Bertz CT molecular complexity index is 689. The number of nitro groups is 1. The zero-order chi connectivity index (χ0) is 14.7. The molecule has 1 N–H and O–H groups in total. The van der Waals surface area contributed by atoms with E-state index >= 15 is 0 Å². The summed E-state index contributed by atoms with van der Waals surface area (Å²) in [6.45, 7) is 0. The molecule has 0 saturated heterocycles. The Kier molecular flexibility index (Phi) is 3.56. The van der Waals surface area contributed by atoms with Gasteiger partial charge in [0.2, 0.25) is 11.6 Å². The normalized spacial score (nSPS) is 10.1. The van der Waals surface area contributed by atoms with Crippen molar-refractivity contribution in [3.8, 4) is 11.6 Å². The SMILES string of the molecule is O=C(O)c1cccnc1Oc1cc(F)ccc1[N+](=O)[O-]. The van der Waals surface area contributed by atoms with Crippen LogP contribution in [-0.2, 0) is 0 Å². The number of halogens is 1. The maximum atomic E-state index is 13.1. The van der Waals surface area contributed by atoms with Gasteiger partial charge in [0.25, 0.3) is 0 Å². The number of nitro benzene ring substituents is 1. The first-order valence-corrected chi connectivity index (χ1v) is 5.29. The van der Waals surface area contributed by atoms with E-state index in [1.807, 2.05) is 0 Å². The van der Waals surface area contributed by atoms with Crippen molar-refractivity contribution in [1.29, 1.82) is 0 Å². The molecule has 20 heavy (non-hydrogen) atoms. The van der Waals surface area contributed by atoms with E-state index in [2.05, 4.69) is 4.98 Å². The predicted octanol–water partition coefficient (Wildman–Crippen LogP) is 2.62. The predicted molar refractivity (Wildman–Crippen MR) is 64.3 cm³/mol. The van der Waals surface area contributed by atoms with Gasteiger partial charge in [0, 0.05) is 18.3 Å². The molecule has 8 heteroatoms. The van der Waals surface area contributed by atoms with Gasteiger partial charge in [0.05, 0.1) is 4.92 Å². The summed E-state index contributed by atoms with van der Waals surface area (Å²) >= 11 is 0. The number of hydrogen-bond acceptors (Lipinski definition) is 5. The Morgan fingerprint density at radius 3 is 2.80 bits per heavy atom. The van der Waals surface area contributed by atoms with Crippen molar-refractivity contribution >= 4 is 11.7 Å². The summed E-state index contributed by atoms with van der Waals surface area (Å²) in [5.74, 6) is -2.84. The van der Waals surface area contributed by atoms with Gasteiger partial charge in [-0.3, -0.25) is 10.1 Å². The molecule has 0 aliphatic heterocycles. The van der Waals surface area contributed by atoms with E-state index in [-0.39, 0.29) is 11.4 Å². The van der Waals surface area contributed by atoms with Gasteiger partial charge < -0.3 is 9.84 Å². The van der Waals surface area contributed by atoms with Gasteiger partial charge in [0.1, 0.15) is 11.4 Å². The van der Waals surface area contributed by atoms with Crippen LogP contribution in [0.5, 0.6) is 11.6 Å². The summed E-state index contributed by atoms with van der Waals surface area (Å²) in [5.41, 5.74) is -0.778. The van der Waals surface area contributed by atoms with Crippen LogP contribution in [0.15, 0.2) is 36.5 Å². The minimum atomic E-state index is -1.31. The molecule has 0 aliphatic carbocycles. The number of carboxylic acids is 1. The molecule has 0 bridgehead atoms. The van der Waals surface area contributed by atoms with Crippen LogP contribution in [0.25, 0.3) is 0 Å². The number of aromatic carboxylic acids is 1. The zero-order valence-corrected chi connectivity index (χ0v) is 9.82. The zero-order valence-electron chi connectivity index (χ0n) is 9.82. The fraction of sp³-hybridized carbons (Fsp3) is 0. The minimum absolute atomic E-state index is 0.286. The highest BCUT2D eigenvalue weighted by Gasteiger charge is 2.20. The van der Waals surface area contributed by atoms with Crippen molar-refractivity contribution in [3.05, 3.63) is 58.0 Å². The first kappa shape index (κ1) is 13.4. The van der Waals surface area contributed by atoms with E-state index in [9.17, 15) is 19.3 Å². The molecule has 0 unspecified atom stereocenters. The van der Waals surface area contributed by atoms with Gasteiger partial charge in [0.15, 0.2) is 0 Å². The number of aromatic nitrogens is 1. The van der Waals surface area contributed by atoms with E-state index in [1.165, 1.54) is 18.3 Å². The largest absolute Gasteiger partial charge is 0.477 e. The second-order valence-corrected chi connectivity index (χ2v) is 3.63. The molecule has 0 fully saturated rings. The molecule has 7 nitrogen and oxygen atoms in total. The van der Waals surface area contributed by atoms with Crippen LogP contribution in [0.3, 0.4) is 0 Å². The third-order valence-electron chi connectivity index (χ3n) is 2.33. The Balaban J connectivity index is 2.47. The monoisotopic (exact) mass is 278 g/mol. The van der Waals surface area contributed by atoms with Crippen LogP contribution in [0.2, 0.25) is 0 Å². The van der Waals surface area contributed by atoms with Gasteiger partial charge in [-0.25, -0.2) is 14.2 Å². The fourth-order valence-electron chi connectivity index (χ4n) is 1.46. The number of rotatable bonds is 4. The lowest BCUT2D eigenvalue weighted by atomic mass is 10.2. The molecule has 0 saturated carbocycles. The minimum Gasteiger partial charge on any atom is -0.477 e. The highest BCUT2D eigenvalue weighted by molar-refractivity contribution is 5.90. The molecular formula is C12H7FN2O5. The highest BCUT2D eigenvalue weighted by Crippen LogP contribution is 2.32. The molecule has 0 aliphatic rings. The van der Waals surface area contributed by atoms with Crippen LogP contribution in [0, 0.1) is 15.9 Å². The molecule has 0 amide bonds. The fourth-order valence-corrected chi connectivity index (χ4v) is 1.46. The standard InChI is InChI=1S/C12H7FN2O5/c13-7-3-4-9(15(18)19)10(6-7)20-11-8(12(16)17)2-1-5-14-11/h1-6H,(H,16,17). The van der Waals surface area contributed by atoms with Gasteiger partial charge in [-0.2, -0.15) is 0 Å². The quantitative estimate of drug-likeness (QED) is 0.681. The van der Waals surface area contributed by atoms with E-state index in [1.54, 1.807) is 0 Å². The maximum Gasteiger partial charge on any atom is 0.341 e. The van der Waals surface area contributed by atoms with Crippen LogP contribution >= 0.6 is 0 Å². The summed E-state index contributed by atoms with van der Waals surface area (Å²) in [7, 11) is 0. The van der Waals surface area contributed by atoms with Crippen LogP contribution < -0.4 is 4.74 Å². The Labute approximate surface area is 111 Å². The smallest absolute Gasteiger partial charge is 0.341 e. The van der Waals surface area contributed by atoms with Gasteiger partial charge >= 0.3 is 11.7 Å². The second-order valence-electron chi connectivity index (χ2n) is 3.63. The highest BCUT2D eigenvalue weighted by atomic mass is 19.1. The summed E-state index contributed by atoms with van der Waals surface area (Å²) in [4.78, 5) is 24.7. The molecule has 0 spiro atoms. The van der Waals surface area contributed by atoms with E-state index in [4.69, 9.17) is 9.84 Å². The first-order valence-electron chi connectivity index (χ1n) is 5.29. The average molecular weight is 278 g/mol. The number of carbonyl (C=O) groups is 1. The molecule has 102 valence electrons. The Hall–Kier alpha value is -3.03. The third-order valence-corrected chi connectivity index (χ3v) is 2.33. The molecule has 0 radical (unpaired) electrons. The number of benzene rings is 1. The summed E-state index contributed by atoms with van der Waals surface area (Å²) in [6.07, 6.45) is 1.26. The van der Waals surface area contributed by atoms with E-state index < -0.39 is 28.1 Å². The Morgan fingerprint density at radius 2 is 2.15 bits per heavy atom. The van der Waals surface area contributed by atoms with Crippen molar-refractivity contribution in [2.24, 2.45) is 0 Å². The summed E-state index contributed by atoms with van der Waals surface area (Å²) in [6, 6.07) is 5.21. The van der Waals surface area contributed by atoms with Crippen molar-refractivity contribution in [2.75, 3.05) is 0 Å². The van der Waals surface area contributed by atoms with Crippen molar-refractivity contribution in [1.82, 2.24) is 4.98 Å². The molecule has 0 atom stereocenters. The molecule has 1 heterocycles. The molecule has 1 aromatic heterocycles. The number of pyridine rings is 1. The molecule has 2 aromatic rings. The summed E-state index contributed by atoms with van der Waals surface area (Å²) in [5, 5.41) is 19.8. The number of nitrogens with zero attached hydrogens (tertiary/aromatic N) is 2. The van der Waals surface area contributed by atoms with E-state index in [0.29, 0.717) is 0 Å². The van der Waals surface area contributed by atoms with Crippen LogP contribution in [-0.4, -0.2) is 21.0 Å². The van der Waals surface area contributed by atoms with Crippen molar-refractivity contribution in [3.63, 3.8) is 0 Å². The lowest BCUT2D eigenvalue weighted by molar-refractivity contribution is -0.385. The third kappa shape index (κ3) is 2.69. The van der Waals surface area contributed by atoms with Crippen LogP contribution in [0.1, 0.15) is 10.4 Å². The average Bonchev–Trinajstić information content (AvgIpc) is 2.38. The number of ether oxygens (including phenoxy) is 1. The topological polar surface area (TPSA) is 103 Å². The molecular weight excluding hydrogens is 271 g/mol. The summed E-state index contributed by atoms with van der Waals surface area (Å²) < 4.78 is 18.2. The van der Waals surface area contributed by atoms with Crippen LogP contribution in [0.4, 0.5) is 10.1 Å². The van der Waals surface area contributed by atoms with Gasteiger partial charge in [-0.05, 0) is 18.2 Å².